The van der Waals surface area contributed by atoms with Crippen molar-refractivity contribution in [2.45, 2.75) is 51.0 Å². The van der Waals surface area contributed by atoms with Gasteiger partial charge in [0.2, 0.25) is 17.7 Å². The molecule has 0 fully saturated rings. The van der Waals surface area contributed by atoms with Crippen LogP contribution in [0.3, 0.4) is 0 Å². The first-order chi connectivity index (χ1) is 19.0. The Morgan fingerprint density at radius 1 is 1.07 bits per heavy atom. The number of carbonyl (C=O) groups excluding carboxylic acids is 4. The highest BCUT2D eigenvalue weighted by molar-refractivity contribution is 6.03. The zero-order valence-electron chi connectivity index (χ0n) is 22.0. The molecule has 0 radical (unpaired) electrons. The summed E-state index contributed by atoms with van der Waals surface area (Å²) in [4.78, 5) is 55.7. The third-order valence-corrected chi connectivity index (χ3v) is 6.13. The number of hydrogen-bond donors (Lipinski definition) is 8. The molecule has 2 aromatic rings. The number of primary amides is 1. The number of ether oxygens (including phenoxy) is 1. The van der Waals surface area contributed by atoms with Crippen molar-refractivity contribution < 1.29 is 29.0 Å². The smallest absolute Gasteiger partial charge is 0.255 e. The quantitative estimate of drug-likeness (QED) is 0.122. The van der Waals surface area contributed by atoms with Crippen LogP contribution >= 0.6 is 0 Å². The molecule has 3 rings (SSSR count). The lowest BCUT2D eigenvalue weighted by Gasteiger charge is -2.26. The van der Waals surface area contributed by atoms with Crippen LogP contribution in [0.15, 0.2) is 41.4 Å². The fraction of sp³-hybridized carbons (Fsp3) is 0.346. The van der Waals surface area contributed by atoms with Gasteiger partial charge in [-0.25, -0.2) is 4.99 Å². The van der Waals surface area contributed by atoms with Crippen LogP contribution in [0, 0.1) is 0 Å². The van der Waals surface area contributed by atoms with E-state index < -0.39 is 41.8 Å². The van der Waals surface area contributed by atoms with Crippen molar-refractivity contribution in [2.24, 2.45) is 27.9 Å². The van der Waals surface area contributed by atoms with Gasteiger partial charge in [-0.05, 0) is 63.1 Å². The van der Waals surface area contributed by atoms with Crippen molar-refractivity contribution in [3.63, 3.8) is 0 Å². The second kappa shape index (κ2) is 13.4. The molecular weight excluding hydrogens is 520 g/mol. The predicted octanol–water partition coefficient (Wildman–Crippen LogP) is -0.685. The topological polar surface area (TPSA) is 250 Å². The van der Waals surface area contributed by atoms with E-state index in [9.17, 15) is 24.3 Å². The monoisotopic (exact) mass is 554 g/mol. The number of rotatable bonds is 7. The molecular formula is C26H34N8O6. The first kappa shape index (κ1) is 29.9. The second-order valence-corrected chi connectivity index (χ2v) is 9.27. The Morgan fingerprint density at radius 2 is 1.82 bits per heavy atom. The SMILES string of the molecule is CC(O)C1NC(=O)C(CCCCN)NC(=O)c2cc(N=C(N)N)ccc2OCc2ccc(C(N)=O)cc2NC1=O. The molecule has 1 aliphatic heterocycles. The van der Waals surface area contributed by atoms with E-state index in [4.69, 9.17) is 27.7 Å². The van der Waals surface area contributed by atoms with E-state index in [1.54, 1.807) is 0 Å². The maximum absolute atomic E-state index is 13.5. The molecule has 4 amide bonds. The van der Waals surface area contributed by atoms with Crippen LogP contribution in [0.5, 0.6) is 5.75 Å². The molecule has 40 heavy (non-hydrogen) atoms. The molecule has 14 heteroatoms. The summed E-state index contributed by atoms with van der Waals surface area (Å²) in [6.45, 7) is 1.58. The van der Waals surface area contributed by atoms with Gasteiger partial charge < -0.3 is 48.7 Å². The maximum Gasteiger partial charge on any atom is 0.255 e. The lowest BCUT2D eigenvalue weighted by atomic mass is 10.0. The molecule has 0 saturated carbocycles. The molecule has 3 atom stereocenters. The summed E-state index contributed by atoms with van der Waals surface area (Å²) in [5.74, 6) is -2.92. The van der Waals surface area contributed by atoms with Crippen molar-refractivity contribution in [1.82, 2.24) is 10.6 Å². The van der Waals surface area contributed by atoms with Crippen LogP contribution in [-0.4, -0.2) is 59.4 Å². The van der Waals surface area contributed by atoms with Gasteiger partial charge in [-0.2, -0.15) is 0 Å². The molecule has 0 aromatic heterocycles. The summed E-state index contributed by atoms with van der Waals surface area (Å²) in [5, 5.41) is 18.2. The van der Waals surface area contributed by atoms with Crippen molar-refractivity contribution >= 4 is 41.0 Å². The molecule has 1 heterocycles. The number of fused-ring (bicyclic) bond motifs is 2. The second-order valence-electron chi connectivity index (χ2n) is 9.27. The number of amides is 4. The highest BCUT2D eigenvalue weighted by Gasteiger charge is 2.31. The number of nitrogens with two attached hydrogens (primary N) is 4. The number of nitrogens with one attached hydrogen (secondary N) is 3. The van der Waals surface area contributed by atoms with Gasteiger partial charge in [0.1, 0.15) is 24.4 Å². The summed E-state index contributed by atoms with van der Waals surface area (Å²) in [7, 11) is 0. The molecule has 0 saturated heterocycles. The number of guanidine groups is 1. The molecule has 14 nitrogen and oxygen atoms in total. The Balaban J connectivity index is 2.12. The molecule has 12 N–H and O–H groups in total. The molecule has 0 spiro atoms. The third kappa shape index (κ3) is 7.68. The zero-order valence-corrected chi connectivity index (χ0v) is 22.0. The van der Waals surface area contributed by atoms with Crippen LogP contribution in [0.4, 0.5) is 11.4 Å². The van der Waals surface area contributed by atoms with Gasteiger partial charge in [-0.3, -0.25) is 19.2 Å². The number of nitrogens with zero attached hydrogens (tertiary/aromatic N) is 1. The van der Waals surface area contributed by atoms with Crippen LogP contribution in [0.1, 0.15) is 52.5 Å². The van der Waals surface area contributed by atoms with Crippen LogP contribution in [0.25, 0.3) is 0 Å². The van der Waals surface area contributed by atoms with Gasteiger partial charge in [0.25, 0.3) is 5.91 Å². The molecule has 1 aliphatic rings. The number of unbranched alkanes of at least 4 members (excludes halogenated alkanes) is 1. The minimum absolute atomic E-state index is 0.0441. The number of carbonyl (C=O) groups is 4. The van der Waals surface area contributed by atoms with Crippen molar-refractivity contribution in [3.05, 3.63) is 53.1 Å². The first-order valence-corrected chi connectivity index (χ1v) is 12.6. The average Bonchev–Trinajstić information content (AvgIpc) is 2.89. The van der Waals surface area contributed by atoms with Crippen LogP contribution in [0.2, 0.25) is 0 Å². The van der Waals surface area contributed by atoms with E-state index in [2.05, 4.69) is 20.9 Å². The first-order valence-electron chi connectivity index (χ1n) is 12.6. The fourth-order valence-corrected chi connectivity index (χ4v) is 4.03. The standard InChI is InChI=1S/C26H34N8O6/c1-13(35)21-25(39)33-19-10-14(22(28)36)5-6-15(19)12-40-20-8-7-16(31-26(29)30)11-17(20)23(37)32-18(24(38)34-21)4-2-3-9-27/h5-8,10-11,13,18,21,35H,2-4,9,12,27H2,1H3,(H2,28,36)(H,32,37)(H,33,39)(H,34,38)(H4,29,30,31). The Hall–Kier alpha value is -4.69. The number of anilines is 1. The Kier molecular flexibility index (Phi) is 10.00. The Morgan fingerprint density at radius 3 is 2.48 bits per heavy atom. The minimum Gasteiger partial charge on any atom is -0.488 e. The van der Waals surface area contributed by atoms with Gasteiger partial charge >= 0.3 is 0 Å². The summed E-state index contributed by atoms with van der Waals surface area (Å²) < 4.78 is 5.95. The third-order valence-electron chi connectivity index (χ3n) is 6.13. The van der Waals surface area contributed by atoms with Gasteiger partial charge in [-0.15, -0.1) is 0 Å². The number of hydrogen-bond acceptors (Lipinski definition) is 8. The number of aliphatic hydroxyl groups is 1. The van der Waals surface area contributed by atoms with E-state index in [1.165, 1.54) is 43.3 Å². The largest absolute Gasteiger partial charge is 0.488 e. The zero-order chi connectivity index (χ0) is 29.4. The average molecular weight is 555 g/mol. The normalized spacial score (nSPS) is 18.4. The molecule has 0 aliphatic carbocycles. The Labute approximate surface area is 230 Å². The van der Waals surface area contributed by atoms with E-state index in [0.29, 0.717) is 24.9 Å². The van der Waals surface area contributed by atoms with E-state index in [1.807, 2.05) is 0 Å². The lowest BCUT2D eigenvalue weighted by Crippen LogP contribution is -2.56. The minimum atomic E-state index is -1.39. The summed E-state index contributed by atoms with van der Waals surface area (Å²) in [6, 6.07) is 6.30. The van der Waals surface area contributed by atoms with Crippen molar-refractivity contribution in [1.29, 1.82) is 0 Å². The number of benzene rings is 2. The van der Waals surface area contributed by atoms with E-state index >= 15 is 0 Å². The van der Waals surface area contributed by atoms with Gasteiger partial charge in [0.15, 0.2) is 5.96 Å². The predicted molar refractivity (Wildman–Crippen MR) is 148 cm³/mol. The highest BCUT2D eigenvalue weighted by Crippen LogP contribution is 2.28. The fourth-order valence-electron chi connectivity index (χ4n) is 4.03. The van der Waals surface area contributed by atoms with Gasteiger partial charge in [-0.1, -0.05) is 6.07 Å². The number of aliphatic hydroxyl groups excluding tert-OH is 1. The summed E-state index contributed by atoms with van der Waals surface area (Å²) in [5.41, 5.74) is 23.0. The molecule has 214 valence electrons. The Bertz CT molecular complexity index is 1310. The van der Waals surface area contributed by atoms with Gasteiger partial charge in [0.05, 0.1) is 17.4 Å². The maximum atomic E-state index is 13.5. The molecule has 3 unspecified atom stereocenters. The van der Waals surface area contributed by atoms with E-state index in [-0.39, 0.29) is 47.2 Å². The number of aliphatic imine (C=N–C) groups is 1. The van der Waals surface area contributed by atoms with Gasteiger partial charge in [0, 0.05) is 16.8 Å². The summed E-state index contributed by atoms with van der Waals surface area (Å²) >= 11 is 0. The van der Waals surface area contributed by atoms with E-state index in [0.717, 1.165) is 0 Å². The lowest BCUT2D eigenvalue weighted by molar-refractivity contribution is -0.130. The highest BCUT2D eigenvalue weighted by atomic mass is 16.5. The molecule has 2 aromatic carbocycles. The van der Waals surface area contributed by atoms with Crippen molar-refractivity contribution in [2.75, 3.05) is 11.9 Å². The molecule has 0 bridgehead atoms. The van der Waals surface area contributed by atoms with Crippen LogP contribution in [-0.2, 0) is 16.2 Å². The summed E-state index contributed by atoms with van der Waals surface area (Å²) in [6.07, 6.45) is -0.00886. The van der Waals surface area contributed by atoms with Crippen molar-refractivity contribution in [3.8, 4) is 5.75 Å². The van der Waals surface area contributed by atoms with Crippen LogP contribution < -0.4 is 43.6 Å².